The summed E-state index contributed by atoms with van der Waals surface area (Å²) >= 11 is 0. The van der Waals surface area contributed by atoms with E-state index in [0.29, 0.717) is 13.1 Å². The highest BCUT2D eigenvalue weighted by Gasteiger charge is 2.33. The summed E-state index contributed by atoms with van der Waals surface area (Å²) < 4.78 is 5.53. The summed E-state index contributed by atoms with van der Waals surface area (Å²) in [6, 6.07) is 7.26. The Morgan fingerprint density at radius 2 is 1.90 bits per heavy atom. The fourth-order valence-electron chi connectivity index (χ4n) is 4.73. The second-order valence-corrected chi connectivity index (χ2v) is 8.31. The normalized spacial score (nSPS) is 16.5. The number of pyridine rings is 1. The van der Waals surface area contributed by atoms with Crippen LogP contribution < -0.4 is 4.74 Å². The van der Waals surface area contributed by atoms with Gasteiger partial charge in [0.05, 0.1) is 12.8 Å². The number of fused-ring (bicyclic) bond motifs is 1. The molecular weight excluding hydrogens is 392 g/mol. The van der Waals surface area contributed by atoms with Crippen LogP contribution in [0.3, 0.4) is 0 Å². The molecule has 1 aromatic carbocycles. The quantitative estimate of drug-likeness (QED) is 0.633. The van der Waals surface area contributed by atoms with Crippen LogP contribution >= 0.6 is 0 Å². The average molecular weight is 423 g/mol. The second kappa shape index (κ2) is 8.69. The van der Waals surface area contributed by atoms with Gasteiger partial charge < -0.3 is 14.8 Å². The zero-order valence-corrected chi connectivity index (χ0v) is 18.6. The molecule has 7 heteroatoms. The highest BCUT2D eigenvalue weighted by molar-refractivity contribution is 5.90. The van der Waals surface area contributed by atoms with Gasteiger partial charge in [-0.3, -0.25) is 19.6 Å². The summed E-state index contributed by atoms with van der Waals surface area (Å²) in [6.45, 7) is 9.71. The minimum absolute atomic E-state index is 0.655. The lowest BCUT2D eigenvalue weighted by Gasteiger charge is -2.38. The largest absolute Gasteiger partial charge is 0.496 e. The number of carboxylic acids is 1. The second-order valence-electron chi connectivity index (χ2n) is 8.31. The average Bonchev–Trinajstić information content (AvgIpc) is 3.07. The number of aryl methyl sites for hydroxylation is 2. The van der Waals surface area contributed by atoms with Gasteiger partial charge >= 0.3 is 5.97 Å². The topological polar surface area (TPSA) is 81.7 Å². The van der Waals surface area contributed by atoms with Gasteiger partial charge in [0.25, 0.3) is 0 Å². The van der Waals surface area contributed by atoms with E-state index in [0.717, 1.165) is 64.4 Å². The number of nitrogens with zero attached hydrogens (tertiary/aromatic N) is 3. The lowest BCUT2D eigenvalue weighted by atomic mass is 10.0. The number of piperazine rings is 1. The molecule has 0 aliphatic carbocycles. The molecule has 1 saturated heterocycles. The van der Waals surface area contributed by atoms with Crippen molar-refractivity contribution in [2.24, 2.45) is 0 Å². The fraction of sp³-hybridized carbons (Fsp3) is 0.417. The van der Waals surface area contributed by atoms with Crippen LogP contribution in [-0.4, -0.2) is 64.1 Å². The number of benzene rings is 1. The molecule has 0 unspecified atom stereocenters. The number of hydrogen-bond donors (Lipinski definition) is 2. The first-order valence-electron chi connectivity index (χ1n) is 10.7. The Morgan fingerprint density at radius 3 is 2.58 bits per heavy atom. The van der Waals surface area contributed by atoms with Crippen LogP contribution in [0.25, 0.3) is 10.9 Å². The van der Waals surface area contributed by atoms with Crippen molar-refractivity contribution >= 4 is 16.9 Å². The molecule has 2 N–H and O–H groups in total. The number of para-hydroxylation sites is 1. The summed E-state index contributed by atoms with van der Waals surface area (Å²) in [5, 5.41) is 11.1. The first-order valence-corrected chi connectivity index (χ1v) is 10.7. The molecule has 0 saturated carbocycles. The molecule has 1 atom stereocenters. The third-order valence-electron chi connectivity index (χ3n) is 6.35. The molecule has 7 nitrogen and oxygen atoms in total. The zero-order chi connectivity index (χ0) is 22.1. The Balaban J connectivity index is 1.51. The molecule has 164 valence electrons. The van der Waals surface area contributed by atoms with E-state index in [4.69, 9.17) is 4.74 Å². The SMILES string of the molecule is COc1c(C)cnc(CN2CCN([C@@H](C(=O)O)c3c(C)[nH]c4ccccc34)CC2)c1C. The summed E-state index contributed by atoms with van der Waals surface area (Å²) in [5.74, 6) is 0.0893. The molecule has 0 spiro atoms. The predicted molar refractivity (Wildman–Crippen MR) is 121 cm³/mol. The molecule has 1 fully saturated rings. The van der Waals surface area contributed by atoms with Gasteiger partial charge in [0, 0.05) is 72.2 Å². The van der Waals surface area contributed by atoms with E-state index in [-0.39, 0.29) is 0 Å². The lowest BCUT2D eigenvalue weighted by Crippen LogP contribution is -2.49. The number of H-pyrrole nitrogens is 1. The Bertz CT molecular complexity index is 1100. The molecule has 4 rings (SSSR count). The van der Waals surface area contributed by atoms with Gasteiger partial charge in [-0.05, 0) is 26.8 Å². The smallest absolute Gasteiger partial charge is 0.325 e. The van der Waals surface area contributed by atoms with Crippen LogP contribution in [0.1, 0.15) is 34.1 Å². The van der Waals surface area contributed by atoms with E-state index in [1.54, 1.807) is 7.11 Å². The number of aromatic amines is 1. The molecule has 0 radical (unpaired) electrons. The standard InChI is InChI=1S/C24H30N4O3/c1-15-13-25-20(16(2)23(15)31-4)14-27-9-11-28(12-10-27)22(24(29)30)21-17(3)26-19-8-6-5-7-18(19)21/h5-8,13,22,26H,9-12,14H2,1-4H3,(H,29,30)/t22-/m1/s1. The molecule has 0 amide bonds. The monoisotopic (exact) mass is 422 g/mol. The van der Waals surface area contributed by atoms with Crippen molar-refractivity contribution in [3.8, 4) is 5.75 Å². The number of aliphatic carboxylic acids is 1. The number of rotatable bonds is 6. The first-order chi connectivity index (χ1) is 14.9. The van der Waals surface area contributed by atoms with Crippen molar-refractivity contribution in [3.05, 3.63) is 58.5 Å². The predicted octanol–water partition coefficient (Wildman–Crippen LogP) is 3.44. The van der Waals surface area contributed by atoms with E-state index in [9.17, 15) is 9.90 Å². The number of nitrogens with one attached hydrogen (secondary N) is 1. The van der Waals surface area contributed by atoms with Crippen molar-refractivity contribution in [1.82, 2.24) is 19.8 Å². The molecule has 3 aromatic rings. The maximum Gasteiger partial charge on any atom is 0.325 e. The summed E-state index contributed by atoms with van der Waals surface area (Å²) in [7, 11) is 1.69. The van der Waals surface area contributed by atoms with E-state index >= 15 is 0 Å². The van der Waals surface area contributed by atoms with Gasteiger partial charge in [-0.15, -0.1) is 0 Å². The van der Waals surface area contributed by atoms with Crippen molar-refractivity contribution in [2.45, 2.75) is 33.4 Å². The van der Waals surface area contributed by atoms with Crippen LogP contribution in [0.2, 0.25) is 0 Å². The van der Waals surface area contributed by atoms with Gasteiger partial charge in [0.2, 0.25) is 0 Å². The molecule has 1 aliphatic heterocycles. The Morgan fingerprint density at radius 1 is 1.19 bits per heavy atom. The lowest BCUT2D eigenvalue weighted by molar-refractivity contribution is -0.144. The van der Waals surface area contributed by atoms with Crippen LogP contribution in [-0.2, 0) is 11.3 Å². The Hall–Kier alpha value is -2.90. The van der Waals surface area contributed by atoms with Crippen LogP contribution in [0.4, 0.5) is 0 Å². The van der Waals surface area contributed by atoms with Crippen molar-refractivity contribution in [1.29, 1.82) is 0 Å². The highest BCUT2D eigenvalue weighted by Crippen LogP contribution is 2.33. The number of ether oxygens (including phenoxy) is 1. The van der Waals surface area contributed by atoms with E-state index in [1.807, 2.05) is 51.2 Å². The van der Waals surface area contributed by atoms with E-state index in [2.05, 4.69) is 19.8 Å². The molecular formula is C24H30N4O3. The van der Waals surface area contributed by atoms with E-state index < -0.39 is 12.0 Å². The van der Waals surface area contributed by atoms with Gasteiger partial charge in [-0.2, -0.15) is 0 Å². The van der Waals surface area contributed by atoms with Crippen molar-refractivity contribution in [2.75, 3.05) is 33.3 Å². The van der Waals surface area contributed by atoms with Gasteiger partial charge in [0.15, 0.2) is 0 Å². The number of carboxylic acid groups (broad SMARTS) is 1. The van der Waals surface area contributed by atoms with Crippen molar-refractivity contribution < 1.29 is 14.6 Å². The van der Waals surface area contributed by atoms with Crippen LogP contribution in [0, 0.1) is 20.8 Å². The van der Waals surface area contributed by atoms with Gasteiger partial charge in [-0.25, -0.2) is 0 Å². The molecule has 2 aromatic heterocycles. The summed E-state index contributed by atoms with van der Waals surface area (Å²) in [5.41, 5.74) is 5.89. The van der Waals surface area contributed by atoms with Crippen LogP contribution in [0.15, 0.2) is 30.5 Å². The minimum atomic E-state index is -0.804. The molecule has 31 heavy (non-hydrogen) atoms. The number of aromatic nitrogens is 2. The Labute approximate surface area is 182 Å². The third kappa shape index (κ3) is 4.03. The number of carbonyl (C=O) groups is 1. The van der Waals surface area contributed by atoms with E-state index in [1.165, 1.54) is 0 Å². The molecule has 0 bridgehead atoms. The Kier molecular flexibility index (Phi) is 5.98. The fourth-order valence-corrected chi connectivity index (χ4v) is 4.73. The summed E-state index contributed by atoms with van der Waals surface area (Å²) in [6.07, 6.45) is 1.86. The van der Waals surface area contributed by atoms with Gasteiger partial charge in [-0.1, -0.05) is 18.2 Å². The molecule has 3 heterocycles. The number of methoxy groups -OCH3 is 1. The maximum atomic E-state index is 12.3. The highest BCUT2D eigenvalue weighted by atomic mass is 16.5. The number of hydrogen-bond acceptors (Lipinski definition) is 5. The van der Waals surface area contributed by atoms with Gasteiger partial charge in [0.1, 0.15) is 11.8 Å². The van der Waals surface area contributed by atoms with Crippen molar-refractivity contribution in [3.63, 3.8) is 0 Å². The summed E-state index contributed by atoms with van der Waals surface area (Å²) in [4.78, 5) is 24.7. The third-order valence-corrected chi connectivity index (χ3v) is 6.35. The molecule has 1 aliphatic rings. The minimum Gasteiger partial charge on any atom is -0.496 e. The zero-order valence-electron chi connectivity index (χ0n) is 18.6. The first kappa shape index (κ1) is 21.3. The van der Waals surface area contributed by atoms with Crippen LogP contribution in [0.5, 0.6) is 5.75 Å². The maximum absolute atomic E-state index is 12.3.